The van der Waals surface area contributed by atoms with Crippen LogP contribution in [0, 0.1) is 5.82 Å². The van der Waals surface area contributed by atoms with Gasteiger partial charge in [0.1, 0.15) is 0 Å². The van der Waals surface area contributed by atoms with Crippen molar-refractivity contribution in [3.8, 4) is 5.75 Å². The molecule has 112 valence electrons. The summed E-state index contributed by atoms with van der Waals surface area (Å²) in [6.07, 6.45) is 0.225. The summed E-state index contributed by atoms with van der Waals surface area (Å²) in [6.45, 7) is 7.42. The minimum absolute atomic E-state index is 0.0923. The molecule has 0 heterocycles. The fourth-order valence-electron chi connectivity index (χ4n) is 1.87. The lowest BCUT2D eigenvalue weighted by atomic mass is 10.1. The Labute approximate surface area is 119 Å². The van der Waals surface area contributed by atoms with Crippen LogP contribution < -0.4 is 15.4 Å². The van der Waals surface area contributed by atoms with Gasteiger partial charge >= 0.3 is 0 Å². The van der Waals surface area contributed by atoms with E-state index in [-0.39, 0.29) is 30.7 Å². The van der Waals surface area contributed by atoms with E-state index in [1.54, 1.807) is 6.07 Å². The zero-order valence-electron chi connectivity index (χ0n) is 12.3. The summed E-state index contributed by atoms with van der Waals surface area (Å²) in [5.41, 5.74) is 0.875. The molecule has 1 unspecified atom stereocenters. The van der Waals surface area contributed by atoms with E-state index >= 15 is 0 Å². The Hall–Kier alpha value is -1.62. The molecular weight excluding hydrogens is 259 g/mol. The molecule has 5 heteroatoms. The molecule has 0 bridgehead atoms. The summed E-state index contributed by atoms with van der Waals surface area (Å²) in [5, 5.41) is 5.88. The molecule has 1 amide bonds. The van der Waals surface area contributed by atoms with Crippen molar-refractivity contribution in [1.82, 2.24) is 10.6 Å². The minimum Gasteiger partial charge on any atom is -0.490 e. The Balaban J connectivity index is 2.53. The molecule has 2 N–H and O–H groups in total. The van der Waals surface area contributed by atoms with Crippen LogP contribution in [0.2, 0.25) is 0 Å². The molecule has 1 atom stereocenters. The number of benzene rings is 1. The van der Waals surface area contributed by atoms with Crippen molar-refractivity contribution >= 4 is 5.91 Å². The second kappa shape index (κ2) is 8.53. The lowest BCUT2D eigenvalue weighted by Crippen LogP contribution is -2.24. The molecule has 0 radical (unpaired) electrons. The van der Waals surface area contributed by atoms with Crippen LogP contribution in [-0.2, 0) is 4.79 Å². The van der Waals surface area contributed by atoms with E-state index in [0.29, 0.717) is 6.54 Å². The van der Waals surface area contributed by atoms with Gasteiger partial charge in [-0.15, -0.1) is 0 Å². The third kappa shape index (κ3) is 5.17. The number of hydrogen-bond acceptors (Lipinski definition) is 3. The van der Waals surface area contributed by atoms with Gasteiger partial charge in [-0.2, -0.15) is 0 Å². The molecule has 4 nitrogen and oxygen atoms in total. The summed E-state index contributed by atoms with van der Waals surface area (Å²) >= 11 is 0. The van der Waals surface area contributed by atoms with Gasteiger partial charge < -0.3 is 15.4 Å². The average Bonchev–Trinajstić information content (AvgIpc) is 2.41. The fourth-order valence-corrected chi connectivity index (χ4v) is 1.87. The first-order valence-electron chi connectivity index (χ1n) is 7.00. The molecule has 0 aromatic heterocycles. The van der Waals surface area contributed by atoms with E-state index in [4.69, 9.17) is 4.74 Å². The summed E-state index contributed by atoms with van der Waals surface area (Å²) in [6, 6.07) is 5.00. The summed E-state index contributed by atoms with van der Waals surface area (Å²) < 4.78 is 19.2. The van der Waals surface area contributed by atoms with Crippen molar-refractivity contribution in [1.29, 1.82) is 0 Å². The van der Waals surface area contributed by atoms with Gasteiger partial charge in [0.15, 0.2) is 11.6 Å². The van der Waals surface area contributed by atoms with Gasteiger partial charge in [-0.1, -0.05) is 13.0 Å². The van der Waals surface area contributed by atoms with Gasteiger partial charge in [0.25, 0.3) is 0 Å². The number of rotatable bonds is 8. The highest BCUT2D eigenvalue weighted by Gasteiger charge is 2.09. The molecule has 0 aliphatic heterocycles. The molecule has 0 saturated carbocycles. The summed E-state index contributed by atoms with van der Waals surface area (Å²) in [5.74, 6) is -0.310. The van der Waals surface area contributed by atoms with Crippen molar-refractivity contribution in [3.63, 3.8) is 0 Å². The van der Waals surface area contributed by atoms with Gasteiger partial charge in [-0.3, -0.25) is 4.79 Å². The van der Waals surface area contributed by atoms with Crippen LogP contribution in [0.3, 0.4) is 0 Å². The predicted molar refractivity (Wildman–Crippen MR) is 77.3 cm³/mol. The largest absolute Gasteiger partial charge is 0.490 e. The lowest BCUT2D eigenvalue weighted by molar-refractivity contribution is -0.121. The Morgan fingerprint density at radius 1 is 1.35 bits per heavy atom. The van der Waals surface area contributed by atoms with Crippen LogP contribution in [0.25, 0.3) is 0 Å². The average molecular weight is 282 g/mol. The quantitative estimate of drug-likeness (QED) is 0.770. The van der Waals surface area contributed by atoms with Gasteiger partial charge in [0.05, 0.1) is 13.0 Å². The highest BCUT2D eigenvalue weighted by atomic mass is 19.1. The smallest absolute Gasteiger partial charge is 0.223 e. The molecule has 1 aromatic rings. The van der Waals surface area contributed by atoms with Crippen molar-refractivity contribution in [2.75, 3.05) is 19.7 Å². The number of carbonyl (C=O) groups excluding carboxylic acids is 1. The standard InChI is InChI=1S/C15H23FN2O2/c1-4-17-11(3)12-6-7-14(13(16)10-12)20-9-8-15(19)18-5-2/h6-7,10-11,17H,4-5,8-9H2,1-3H3,(H,18,19). The van der Waals surface area contributed by atoms with Gasteiger partial charge in [0, 0.05) is 12.6 Å². The second-order valence-electron chi connectivity index (χ2n) is 4.52. The Kier molecular flexibility index (Phi) is 7.01. The lowest BCUT2D eigenvalue weighted by Gasteiger charge is -2.14. The molecule has 1 rings (SSSR count). The Morgan fingerprint density at radius 3 is 2.70 bits per heavy atom. The van der Waals surface area contributed by atoms with E-state index in [9.17, 15) is 9.18 Å². The van der Waals surface area contributed by atoms with E-state index in [1.807, 2.05) is 26.8 Å². The zero-order valence-corrected chi connectivity index (χ0v) is 12.3. The van der Waals surface area contributed by atoms with Gasteiger partial charge in [-0.05, 0) is 38.1 Å². The molecule has 0 spiro atoms. The first kappa shape index (κ1) is 16.4. The van der Waals surface area contributed by atoms with Crippen LogP contribution >= 0.6 is 0 Å². The molecule has 0 fully saturated rings. The Morgan fingerprint density at radius 2 is 2.10 bits per heavy atom. The van der Waals surface area contributed by atoms with Crippen LogP contribution in [0.4, 0.5) is 4.39 Å². The topological polar surface area (TPSA) is 50.4 Å². The first-order valence-corrected chi connectivity index (χ1v) is 7.00. The van der Waals surface area contributed by atoms with Crippen LogP contribution in [0.5, 0.6) is 5.75 Å². The van der Waals surface area contributed by atoms with Gasteiger partial charge in [0.2, 0.25) is 5.91 Å². The zero-order chi connectivity index (χ0) is 15.0. The maximum absolute atomic E-state index is 13.9. The number of hydrogen-bond donors (Lipinski definition) is 2. The molecule has 0 aliphatic carbocycles. The fraction of sp³-hybridized carbons (Fsp3) is 0.533. The van der Waals surface area contributed by atoms with Crippen molar-refractivity contribution in [2.45, 2.75) is 33.2 Å². The number of ether oxygens (including phenoxy) is 1. The number of nitrogens with one attached hydrogen (secondary N) is 2. The Bertz CT molecular complexity index is 438. The van der Waals surface area contributed by atoms with Crippen molar-refractivity contribution < 1.29 is 13.9 Å². The first-order chi connectivity index (χ1) is 9.58. The number of halogens is 1. The monoisotopic (exact) mass is 282 g/mol. The van der Waals surface area contributed by atoms with E-state index in [1.165, 1.54) is 6.07 Å². The summed E-state index contributed by atoms with van der Waals surface area (Å²) in [7, 11) is 0. The van der Waals surface area contributed by atoms with Crippen LogP contribution in [0.15, 0.2) is 18.2 Å². The predicted octanol–water partition coefficient (Wildman–Crippen LogP) is 2.40. The second-order valence-corrected chi connectivity index (χ2v) is 4.52. The van der Waals surface area contributed by atoms with Gasteiger partial charge in [-0.25, -0.2) is 4.39 Å². The molecule has 0 aliphatic rings. The maximum Gasteiger partial charge on any atom is 0.223 e. The molecule has 20 heavy (non-hydrogen) atoms. The van der Waals surface area contributed by atoms with Crippen LogP contribution in [0.1, 0.15) is 38.8 Å². The summed E-state index contributed by atoms with van der Waals surface area (Å²) in [4.78, 5) is 11.2. The molecule has 1 aromatic carbocycles. The maximum atomic E-state index is 13.9. The minimum atomic E-state index is -0.400. The number of carbonyl (C=O) groups is 1. The highest BCUT2D eigenvalue weighted by molar-refractivity contribution is 5.75. The molecule has 0 saturated heterocycles. The van der Waals surface area contributed by atoms with E-state index in [0.717, 1.165) is 12.1 Å². The van der Waals surface area contributed by atoms with Crippen molar-refractivity contribution in [3.05, 3.63) is 29.6 Å². The van der Waals surface area contributed by atoms with Crippen molar-refractivity contribution in [2.24, 2.45) is 0 Å². The third-order valence-electron chi connectivity index (χ3n) is 2.93. The SMILES string of the molecule is CCNC(=O)CCOc1ccc(C(C)NCC)cc1F. The highest BCUT2D eigenvalue weighted by Crippen LogP contribution is 2.22. The van der Waals surface area contributed by atoms with E-state index < -0.39 is 5.82 Å². The molecular formula is C15H23FN2O2. The number of amides is 1. The third-order valence-corrected chi connectivity index (χ3v) is 2.93. The van der Waals surface area contributed by atoms with Crippen LogP contribution in [-0.4, -0.2) is 25.6 Å². The van der Waals surface area contributed by atoms with E-state index in [2.05, 4.69) is 10.6 Å². The normalized spacial score (nSPS) is 12.0.